The number of aromatic carboxylic acids is 1. The number of carboxylic acids is 2. The minimum Gasteiger partial charge on any atom is -0.481 e. The van der Waals surface area contributed by atoms with Crippen LogP contribution in [-0.4, -0.2) is 117 Å². The molecule has 0 fully saturated rings. The van der Waals surface area contributed by atoms with Crippen LogP contribution >= 0.6 is 77.0 Å². The molecule has 0 aromatic heterocycles. The summed E-state index contributed by atoms with van der Waals surface area (Å²) in [5.41, 5.74) is 5.11. The lowest BCUT2D eigenvalue weighted by Crippen LogP contribution is -2.15. The van der Waals surface area contributed by atoms with Crippen LogP contribution < -0.4 is 0 Å². The lowest BCUT2D eigenvalue weighted by Gasteiger charge is -2.09. The van der Waals surface area contributed by atoms with Crippen molar-refractivity contribution in [1.82, 2.24) is 0 Å². The van der Waals surface area contributed by atoms with E-state index in [0.717, 1.165) is 35.1 Å². The molecule has 20 nitrogen and oxygen atoms in total. The van der Waals surface area contributed by atoms with Gasteiger partial charge in [0.15, 0.2) is 11.6 Å². The van der Waals surface area contributed by atoms with Crippen molar-refractivity contribution in [2.24, 2.45) is 0 Å². The van der Waals surface area contributed by atoms with Crippen molar-refractivity contribution in [3.05, 3.63) is 273 Å². The summed E-state index contributed by atoms with van der Waals surface area (Å²) in [7, 11) is 0.181. The summed E-state index contributed by atoms with van der Waals surface area (Å²) < 4.78 is 125. The van der Waals surface area contributed by atoms with Crippen molar-refractivity contribution in [3.8, 4) is 85.0 Å². The van der Waals surface area contributed by atoms with E-state index in [2.05, 4.69) is 128 Å². The molecule has 0 spiro atoms. The molecule has 124 heavy (non-hydrogen) atoms. The van der Waals surface area contributed by atoms with Crippen molar-refractivity contribution >= 4 is 145 Å². The summed E-state index contributed by atoms with van der Waals surface area (Å²) in [5.74, 6) is 8.73. The Bertz CT molecular complexity index is 5560. The Kier molecular flexibility index (Phi) is 47.6. The SMILES string of the molecule is C#C[Si](C)(C)C.C#Cc1cc(C#C)cc(C(=O)OC(C)C)c1.C#Cc1cc(C(=O)OC(C)C)cc(C#Cc2ccc(CC(=O)O)c(F)c2)c1F.C#Cc1cc(C(=O)OC(C)C)cc(C#Cc2ccc(CC(=O)OCOC(C)=O)c(F)c2)c1F.CC(=O)OCOC(=O)Cc1ccc(I)cc1F.COC(=O)Cc1ccc(I)cc1F.O=C(O)c1cc(Br)cc(Br)c1. The van der Waals surface area contributed by atoms with E-state index >= 15 is 0 Å². The van der Waals surface area contributed by atoms with Gasteiger partial charge in [0, 0.05) is 52.2 Å². The molecule has 2 N–H and O–H groups in total. The van der Waals surface area contributed by atoms with Crippen molar-refractivity contribution in [2.45, 2.75) is 119 Å². The highest BCUT2D eigenvalue weighted by Crippen LogP contribution is 2.24. The van der Waals surface area contributed by atoms with Gasteiger partial charge in [-0.3, -0.25) is 28.8 Å². The third-order valence-electron chi connectivity index (χ3n) is 14.4. The first kappa shape index (κ1) is 108. The maximum atomic E-state index is 14.6. The lowest BCUT2D eigenvalue weighted by atomic mass is 10.0. The zero-order valence-electron chi connectivity index (χ0n) is 68.6. The van der Waals surface area contributed by atoms with E-state index in [1.807, 2.05) is 45.2 Å². The Morgan fingerprint density at radius 2 is 0.726 bits per heavy atom. The molecule has 8 aromatic rings. The van der Waals surface area contributed by atoms with Crippen molar-refractivity contribution in [1.29, 1.82) is 0 Å². The van der Waals surface area contributed by atoms with Crippen LogP contribution in [0, 0.1) is 127 Å². The zero-order valence-corrected chi connectivity index (χ0v) is 77.1. The standard InChI is InChI=1S/C25H20F2O6.C22H16F2O4.C14H12O2.C11H10FIO4.C9H8FIO2.C7H4Br2O2.C5H10Si/c1-5-18-11-21(25(30)33-15(2)3)12-20(24(18)27)9-7-17-6-8-19(22(26)10-17)13-23(29)32-14-31-16(4)28;1-4-15-10-18(22(27)28-13(2)3)11-17(21(15)24)8-6-14-5-7-16(12-20(25)26)19(23)9-14;1-5-11-7-12(6-2)9-13(8-11)14(15)16-10(3)4;1-7(14)16-6-17-11(15)4-8-2-3-9(13)5-10(8)12;1-13-9(12)4-6-2-3-7(11)5-8(6)10;8-5-1-4(7(10)11)2-6(9)3-5;1-5-6(2,3)4/h1,6,8,10-12,15H,13-14H2,2-4H3;1,5,7,9-11,13H,12H2,2-3H3,(H,25,26);1-2,7-10H,3-4H3;2-3,5H,4,6H2,1H3;2-3,5H,4H2,1H3;1-3H,(H,10,11);1H,2-4H3. The number of carboxylic acid groups (broad SMARTS) is 2. The van der Waals surface area contributed by atoms with Crippen LogP contribution in [0.3, 0.4) is 0 Å². The van der Waals surface area contributed by atoms with Gasteiger partial charge in [0.2, 0.25) is 13.6 Å². The van der Waals surface area contributed by atoms with E-state index in [1.165, 1.54) is 80.8 Å². The molecule has 0 aliphatic carbocycles. The number of terminal acetylenes is 5. The molecular formula is C93H80Br2F6I2O20Si. The van der Waals surface area contributed by atoms with E-state index < -0.39 is 117 Å². The first-order valence-corrected chi connectivity index (χ1v) is 43.2. The van der Waals surface area contributed by atoms with Gasteiger partial charge < -0.3 is 48.1 Å². The lowest BCUT2D eigenvalue weighted by molar-refractivity contribution is -0.167. The van der Waals surface area contributed by atoms with E-state index in [4.69, 9.17) is 56.5 Å². The van der Waals surface area contributed by atoms with Gasteiger partial charge in [-0.2, -0.15) is 0 Å². The number of benzene rings is 8. The molecule has 0 bridgehead atoms. The number of ether oxygens (including phenoxy) is 8. The molecule has 8 aromatic carbocycles. The van der Waals surface area contributed by atoms with Gasteiger partial charge in [0.25, 0.3) is 0 Å². The number of hydrogen-bond acceptors (Lipinski definition) is 18. The molecule has 31 heteroatoms. The number of carbonyl (C=O) groups excluding carboxylic acids is 8. The van der Waals surface area contributed by atoms with Crippen molar-refractivity contribution in [2.75, 3.05) is 20.7 Å². The Labute approximate surface area is 759 Å². The number of aliphatic carboxylic acids is 1. The molecule has 0 unspecified atom stereocenters. The van der Waals surface area contributed by atoms with Crippen LogP contribution in [0.2, 0.25) is 19.6 Å². The number of rotatable bonds is 19. The molecular weight excluding hydrogens is 1990 g/mol. The quantitative estimate of drug-likeness (QED) is 0.0145. The second-order valence-electron chi connectivity index (χ2n) is 26.7. The topological polar surface area (TPSA) is 285 Å². The van der Waals surface area contributed by atoms with E-state index in [0.29, 0.717) is 22.3 Å². The van der Waals surface area contributed by atoms with Crippen molar-refractivity contribution < 1.29 is 122 Å². The van der Waals surface area contributed by atoms with Crippen LogP contribution in [0.15, 0.2) is 142 Å². The molecule has 0 radical (unpaired) electrons. The summed E-state index contributed by atoms with van der Waals surface area (Å²) >= 11 is 10.4. The largest absolute Gasteiger partial charge is 0.481 e. The molecule has 0 aliphatic heterocycles. The number of esters is 8. The van der Waals surface area contributed by atoms with Gasteiger partial charge in [-0.15, -0.1) is 37.7 Å². The Hall–Kier alpha value is -12.4. The first-order valence-electron chi connectivity index (χ1n) is 36.0. The molecule has 0 aliphatic rings. The van der Waals surface area contributed by atoms with Crippen LogP contribution in [0.4, 0.5) is 26.3 Å². The third kappa shape index (κ3) is 42.4. The van der Waals surface area contributed by atoms with Gasteiger partial charge in [-0.25, -0.2) is 45.5 Å². The van der Waals surface area contributed by atoms with E-state index in [-0.39, 0.29) is 110 Å². The van der Waals surface area contributed by atoms with Gasteiger partial charge in [0.05, 0.1) is 95.6 Å². The highest BCUT2D eigenvalue weighted by Gasteiger charge is 2.20. The van der Waals surface area contributed by atoms with Crippen LogP contribution in [0.1, 0.15) is 164 Å². The average Bonchev–Trinajstić information content (AvgIpc) is 0.819. The third-order valence-corrected chi connectivity index (χ3v) is 17.5. The van der Waals surface area contributed by atoms with Gasteiger partial charge in [-0.05, 0) is 218 Å². The Morgan fingerprint density at radius 3 is 1.02 bits per heavy atom. The fourth-order valence-corrected chi connectivity index (χ4v) is 10.8. The fraction of sp³-hybridized carbons (Fsp3) is 0.226. The Balaban J connectivity index is 0.000000516. The van der Waals surface area contributed by atoms with Crippen LogP contribution in [0.5, 0.6) is 0 Å². The summed E-state index contributed by atoms with van der Waals surface area (Å²) in [6, 6.07) is 31.4. The predicted octanol–water partition coefficient (Wildman–Crippen LogP) is 17.9. The highest BCUT2D eigenvalue weighted by atomic mass is 127. The molecule has 0 saturated carbocycles. The number of methoxy groups -OCH3 is 1. The van der Waals surface area contributed by atoms with E-state index in [1.54, 1.807) is 96.1 Å². The Morgan fingerprint density at radius 1 is 0.403 bits per heavy atom. The summed E-state index contributed by atoms with van der Waals surface area (Å²) in [4.78, 5) is 112. The number of hydrogen-bond donors (Lipinski definition) is 2. The summed E-state index contributed by atoms with van der Waals surface area (Å²) in [5, 5.41) is 17.3. The normalized spacial score (nSPS) is 9.84. The monoisotopic (exact) mass is 2070 g/mol. The fourth-order valence-electron chi connectivity index (χ4n) is 8.62. The minimum atomic E-state index is -1.16. The molecule has 0 amide bonds. The van der Waals surface area contributed by atoms with Crippen LogP contribution in [-0.2, 0) is 92.3 Å². The highest BCUT2D eigenvalue weighted by molar-refractivity contribution is 14.1. The second kappa shape index (κ2) is 54.9. The minimum absolute atomic E-state index is 0.0114. The smallest absolute Gasteiger partial charge is 0.338 e. The van der Waals surface area contributed by atoms with Gasteiger partial charge in [-0.1, -0.05) is 123 Å². The molecule has 0 atom stereocenters. The molecule has 0 saturated heterocycles. The number of carbonyl (C=O) groups is 10. The van der Waals surface area contributed by atoms with Gasteiger partial charge in [0.1, 0.15) is 31.3 Å². The van der Waals surface area contributed by atoms with Crippen molar-refractivity contribution in [3.63, 3.8) is 0 Å². The zero-order chi connectivity index (χ0) is 93.8. The maximum Gasteiger partial charge on any atom is 0.338 e. The molecule has 646 valence electrons. The van der Waals surface area contributed by atoms with Crippen LogP contribution in [0.25, 0.3) is 0 Å². The molecule has 0 heterocycles. The second-order valence-corrected chi connectivity index (χ2v) is 35.8. The summed E-state index contributed by atoms with van der Waals surface area (Å²) in [6.45, 7) is 18.0. The van der Waals surface area contributed by atoms with E-state index in [9.17, 15) is 74.3 Å². The predicted molar refractivity (Wildman–Crippen MR) is 477 cm³/mol. The summed E-state index contributed by atoms with van der Waals surface area (Å²) in [6.07, 6.45) is 24.3. The average molecular weight is 2070 g/mol. The number of halogens is 10. The van der Waals surface area contributed by atoms with Gasteiger partial charge >= 0.3 is 59.7 Å². The maximum absolute atomic E-state index is 14.6. The molecule has 8 rings (SSSR count). The first-order chi connectivity index (χ1) is 58.1.